The van der Waals surface area contributed by atoms with Crippen molar-refractivity contribution in [1.29, 1.82) is 0 Å². The van der Waals surface area contributed by atoms with Gasteiger partial charge in [0.05, 0.1) is 10.9 Å². The second kappa shape index (κ2) is 13.6. The molecule has 0 aliphatic carbocycles. The molecule has 4 N–H and O–H groups in total. The lowest BCUT2D eigenvalue weighted by atomic mass is 9.96. The summed E-state index contributed by atoms with van der Waals surface area (Å²) in [7, 11) is 0. The first kappa shape index (κ1) is 30.0. The molecule has 0 saturated heterocycles. The number of H-pyrrole nitrogens is 1. The standard InChI is InChI=1S/C32H34N4O6/c1-3-20(2)27(29(38)33-25(31(40)41)18-21-12-6-4-7-13-21)35-28(37)26(19-22-14-8-5-9-15-22)36-30(39)23-16-10-11-17-24(23)34-32(36)42/h4-17,20,25-27H,3,18-19H2,1-2H3,(H,33,38)(H,34,42)(H,35,37)(H,40,41)/t20-,25-,26-,27+/m1/s1. The number of para-hydroxylation sites is 1. The molecule has 10 heteroatoms. The summed E-state index contributed by atoms with van der Waals surface area (Å²) in [6, 6.07) is 20.7. The molecular weight excluding hydrogens is 536 g/mol. The van der Waals surface area contributed by atoms with Crippen LogP contribution in [0, 0.1) is 5.92 Å². The minimum Gasteiger partial charge on any atom is -0.480 e. The molecule has 0 saturated carbocycles. The van der Waals surface area contributed by atoms with Gasteiger partial charge in [0, 0.05) is 12.8 Å². The van der Waals surface area contributed by atoms with Crippen LogP contribution in [0.1, 0.15) is 37.4 Å². The van der Waals surface area contributed by atoms with E-state index in [2.05, 4.69) is 15.6 Å². The SMILES string of the molecule is CC[C@@H](C)[C@H](NC(=O)[C@@H](Cc1ccccc1)n1c(=O)[nH]c2ccccc2c1=O)C(=O)N[C@H](Cc1ccccc1)C(=O)O. The van der Waals surface area contributed by atoms with E-state index >= 15 is 0 Å². The first-order chi connectivity index (χ1) is 20.2. The average molecular weight is 571 g/mol. The van der Waals surface area contributed by atoms with E-state index in [0.29, 0.717) is 17.5 Å². The van der Waals surface area contributed by atoms with Gasteiger partial charge in [-0.1, -0.05) is 93.1 Å². The molecule has 4 aromatic rings. The van der Waals surface area contributed by atoms with Crippen LogP contribution in [0.2, 0.25) is 0 Å². The lowest BCUT2D eigenvalue weighted by Gasteiger charge is -2.28. The monoisotopic (exact) mass is 570 g/mol. The highest BCUT2D eigenvalue weighted by atomic mass is 16.4. The van der Waals surface area contributed by atoms with Crippen molar-refractivity contribution in [3.63, 3.8) is 0 Å². The zero-order valence-electron chi connectivity index (χ0n) is 23.4. The Labute approximate surface area is 242 Å². The zero-order valence-corrected chi connectivity index (χ0v) is 23.4. The van der Waals surface area contributed by atoms with Crippen LogP contribution in [0.15, 0.2) is 94.5 Å². The summed E-state index contributed by atoms with van der Waals surface area (Å²) >= 11 is 0. The number of carbonyl (C=O) groups is 3. The molecule has 0 radical (unpaired) electrons. The zero-order chi connectivity index (χ0) is 30.2. The Balaban J connectivity index is 1.67. The first-order valence-electron chi connectivity index (χ1n) is 13.8. The maximum atomic E-state index is 13.9. The van der Waals surface area contributed by atoms with Crippen molar-refractivity contribution in [3.8, 4) is 0 Å². The van der Waals surface area contributed by atoms with E-state index in [1.165, 1.54) is 0 Å². The van der Waals surface area contributed by atoms with Gasteiger partial charge in [0.15, 0.2) is 0 Å². The van der Waals surface area contributed by atoms with Gasteiger partial charge in [-0.25, -0.2) is 14.2 Å². The second-order valence-corrected chi connectivity index (χ2v) is 10.3. The Morgan fingerprint density at radius 1 is 0.810 bits per heavy atom. The molecule has 1 aromatic heterocycles. The molecule has 218 valence electrons. The summed E-state index contributed by atoms with van der Waals surface area (Å²) in [5, 5.41) is 15.4. The fourth-order valence-electron chi connectivity index (χ4n) is 4.86. The Bertz CT molecular complexity index is 1670. The van der Waals surface area contributed by atoms with Crippen molar-refractivity contribution in [2.75, 3.05) is 0 Å². The summed E-state index contributed by atoms with van der Waals surface area (Å²) in [4.78, 5) is 68.8. The molecule has 4 rings (SSSR count). The highest BCUT2D eigenvalue weighted by Gasteiger charge is 2.33. The number of nitrogens with zero attached hydrogens (tertiary/aromatic N) is 1. The molecule has 1 heterocycles. The van der Waals surface area contributed by atoms with Gasteiger partial charge in [0.2, 0.25) is 11.8 Å². The molecule has 3 aromatic carbocycles. The number of aliphatic carboxylic acids is 1. The number of aromatic amines is 1. The van der Waals surface area contributed by atoms with Crippen LogP contribution in [-0.4, -0.2) is 44.5 Å². The van der Waals surface area contributed by atoms with E-state index in [4.69, 9.17) is 0 Å². The number of carbonyl (C=O) groups excluding carboxylic acids is 2. The van der Waals surface area contributed by atoms with E-state index in [-0.39, 0.29) is 24.1 Å². The fraction of sp³-hybridized carbons (Fsp3) is 0.281. The number of aromatic nitrogens is 2. The number of hydrogen-bond acceptors (Lipinski definition) is 5. The molecule has 4 atom stereocenters. The van der Waals surface area contributed by atoms with Crippen molar-refractivity contribution < 1.29 is 19.5 Å². The molecule has 0 aliphatic heterocycles. The number of benzene rings is 3. The van der Waals surface area contributed by atoms with Crippen molar-refractivity contribution in [3.05, 3.63) is 117 Å². The van der Waals surface area contributed by atoms with E-state index in [1.54, 1.807) is 79.7 Å². The van der Waals surface area contributed by atoms with Crippen LogP contribution >= 0.6 is 0 Å². The predicted octanol–water partition coefficient (Wildman–Crippen LogP) is 2.82. The van der Waals surface area contributed by atoms with Crippen molar-refractivity contribution in [1.82, 2.24) is 20.2 Å². The van der Waals surface area contributed by atoms with Gasteiger partial charge in [0.1, 0.15) is 18.1 Å². The average Bonchev–Trinajstić information content (AvgIpc) is 2.99. The van der Waals surface area contributed by atoms with E-state index in [9.17, 15) is 29.1 Å². The van der Waals surface area contributed by atoms with Crippen molar-refractivity contribution in [2.45, 2.75) is 51.2 Å². The maximum Gasteiger partial charge on any atom is 0.329 e. The molecule has 0 unspecified atom stereocenters. The third kappa shape index (κ3) is 7.01. The number of carboxylic acids is 1. The number of nitrogens with one attached hydrogen (secondary N) is 3. The Morgan fingerprint density at radius 2 is 1.38 bits per heavy atom. The van der Waals surface area contributed by atoms with Gasteiger partial charge >= 0.3 is 11.7 Å². The van der Waals surface area contributed by atoms with E-state index in [0.717, 1.165) is 10.1 Å². The third-order valence-corrected chi connectivity index (χ3v) is 7.41. The lowest BCUT2D eigenvalue weighted by Crippen LogP contribution is -2.56. The minimum absolute atomic E-state index is 0.00854. The van der Waals surface area contributed by atoms with Gasteiger partial charge < -0.3 is 20.7 Å². The van der Waals surface area contributed by atoms with Crippen LogP contribution in [0.4, 0.5) is 0 Å². The van der Waals surface area contributed by atoms with Gasteiger partial charge in [-0.2, -0.15) is 0 Å². The number of fused-ring (bicyclic) bond motifs is 1. The van der Waals surface area contributed by atoms with Crippen molar-refractivity contribution in [2.24, 2.45) is 5.92 Å². The second-order valence-electron chi connectivity index (χ2n) is 10.3. The predicted molar refractivity (Wildman–Crippen MR) is 159 cm³/mol. The van der Waals surface area contributed by atoms with Gasteiger partial charge in [0.25, 0.3) is 5.56 Å². The molecule has 42 heavy (non-hydrogen) atoms. The fourth-order valence-corrected chi connectivity index (χ4v) is 4.86. The van der Waals surface area contributed by atoms with E-state index < -0.39 is 47.2 Å². The Kier molecular flexibility index (Phi) is 9.69. The highest BCUT2D eigenvalue weighted by molar-refractivity contribution is 5.92. The first-order valence-corrected chi connectivity index (χ1v) is 13.8. The number of hydrogen-bond donors (Lipinski definition) is 4. The quantitative estimate of drug-likeness (QED) is 0.206. The molecular formula is C32H34N4O6. The minimum atomic E-state index is -1.28. The maximum absolute atomic E-state index is 13.9. The number of carboxylic acid groups (broad SMARTS) is 1. The molecule has 0 bridgehead atoms. The van der Waals surface area contributed by atoms with Gasteiger partial charge in [-0.05, 0) is 29.2 Å². The molecule has 2 amide bonds. The van der Waals surface area contributed by atoms with Crippen LogP contribution in [0.5, 0.6) is 0 Å². The molecule has 0 fully saturated rings. The molecule has 10 nitrogen and oxygen atoms in total. The van der Waals surface area contributed by atoms with Gasteiger partial charge in [-0.3, -0.25) is 14.4 Å². The Hall–Kier alpha value is -4.99. The van der Waals surface area contributed by atoms with Crippen LogP contribution in [0.25, 0.3) is 10.9 Å². The summed E-state index contributed by atoms with van der Waals surface area (Å²) in [5.41, 5.74) is 0.386. The summed E-state index contributed by atoms with van der Waals surface area (Å²) in [6.45, 7) is 3.61. The van der Waals surface area contributed by atoms with Gasteiger partial charge in [-0.15, -0.1) is 0 Å². The van der Waals surface area contributed by atoms with Crippen LogP contribution in [0.3, 0.4) is 0 Å². The van der Waals surface area contributed by atoms with Crippen LogP contribution in [-0.2, 0) is 27.2 Å². The largest absolute Gasteiger partial charge is 0.480 e. The lowest BCUT2D eigenvalue weighted by molar-refractivity contribution is -0.142. The van der Waals surface area contributed by atoms with E-state index in [1.807, 2.05) is 19.1 Å². The summed E-state index contributed by atoms with van der Waals surface area (Å²) in [5.74, 6) is -2.97. The molecule has 0 spiro atoms. The third-order valence-electron chi connectivity index (χ3n) is 7.41. The number of amides is 2. The van der Waals surface area contributed by atoms with Crippen molar-refractivity contribution >= 4 is 28.7 Å². The molecule has 0 aliphatic rings. The Morgan fingerprint density at radius 3 is 1.98 bits per heavy atom. The topological polar surface area (TPSA) is 150 Å². The van der Waals surface area contributed by atoms with Crippen LogP contribution < -0.4 is 21.9 Å². The normalized spacial score (nSPS) is 14.0. The summed E-state index contributed by atoms with van der Waals surface area (Å²) < 4.78 is 0.881. The smallest absolute Gasteiger partial charge is 0.329 e. The number of rotatable bonds is 12. The highest BCUT2D eigenvalue weighted by Crippen LogP contribution is 2.16. The summed E-state index contributed by atoms with van der Waals surface area (Å²) in [6.07, 6.45) is 0.560.